The molecule has 0 heterocycles. The van der Waals surface area contributed by atoms with Crippen LogP contribution in [-0.4, -0.2) is 23.6 Å². The Bertz CT molecular complexity index is 1480. The van der Waals surface area contributed by atoms with Crippen molar-refractivity contribution in [3.05, 3.63) is 81.4 Å². The molecule has 3 aromatic rings. The minimum absolute atomic E-state index is 0.00390. The Labute approximate surface area is 226 Å². The molecule has 3 aliphatic carbocycles. The van der Waals surface area contributed by atoms with Gasteiger partial charge in [-0.15, -0.1) is 0 Å². The average molecular weight is 529 g/mol. The first-order chi connectivity index (χ1) is 18.3. The Morgan fingerprint density at radius 2 is 1.37 bits per heavy atom. The van der Waals surface area contributed by atoms with Gasteiger partial charge in [0, 0.05) is 27.3 Å². The fourth-order valence-electron chi connectivity index (χ4n) is 6.68. The molecule has 3 atom stereocenters. The standard InChI is InChI=1S/C31H29ClN2O4/c32-19-12-9-17(10-13-19)23-24-25(30(36)22-8-4-3-7-21(22)29(24)35)28(34)26(27(23)33)31(37)38-20-14-11-16-5-1-2-6-18(16)15-20/h3-4,7-10,12-13,16,18,20H,1-2,5-6,11,14-15,33-34H2. The van der Waals surface area contributed by atoms with Gasteiger partial charge in [0.15, 0.2) is 11.6 Å². The molecule has 4 N–H and O–H groups in total. The van der Waals surface area contributed by atoms with E-state index in [-0.39, 0.29) is 51.1 Å². The largest absolute Gasteiger partial charge is 0.459 e. The van der Waals surface area contributed by atoms with E-state index in [2.05, 4.69) is 0 Å². The monoisotopic (exact) mass is 528 g/mol. The van der Waals surface area contributed by atoms with E-state index in [1.807, 2.05) is 0 Å². The number of hydrogen-bond donors (Lipinski definition) is 2. The molecule has 2 saturated carbocycles. The molecule has 0 aliphatic heterocycles. The van der Waals surface area contributed by atoms with E-state index in [0.717, 1.165) is 19.3 Å². The van der Waals surface area contributed by atoms with Gasteiger partial charge in [-0.1, -0.05) is 73.7 Å². The Kier molecular flexibility index (Phi) is 6.23. The Morgan fingerprint density at radius 3 is 2.05 bits per heavy atom. The normalized spacial score (nSPS) is 22.3. The highest BCUT2D eigenvalue weighted by Crippen LogP contribution is 2.45. The second-order valence-electron chi connectivity index (χ2n) is 10.7. The maximum Gasteiger partial charge on any atom is 0.342 e. The molecule has 0 aromatic heterocycles. The van der Waals surface area contributed by atoms with Crippen molar-refractivity contribution in [2.24, 2.45) is 11.8 Å². The summed E-state index contributed by atoms with van der Waals surface area (Å²) >= 11 is 6.12. The van der Waals surface area contributed by atoms with E-state index in [1.165, 1.54) is 25.7 Å². The van der Waals surface area contributed by atoms with Gasteiger partial charge >= 0.3 is 5.97 Å². The zero-order valence-electron chi connectivity index (χ0n) is 21.0. The number of anilines is 2. The SMILES string of the molecule is Nc1c(C(=O)OC2CCC3CCCCC3C2)c(N)c(-c2ccc(Cl)cc2)c2c1C(=O)c1ccccc1C2=O. The third-order valence-corrected chi connectivity index (χ3v) is 8.80. The molecule has 3 aromatic carbocycles. The number of ether oxygens (including phenoxy) is 1. The highest BCUT2D eigenvalue weighted by atomic mass is 35.5. The van der Waals surface area contributed by atoms with Crippen molar-refractivity contribution in [3.8, 4) is 11.1 Å². The minimum Gasteiger partial charge on any atom is -0.459 e. The summed E-state index contributed by atoms with van der Waals surface area (Å²) in [6, 6.07) is 13.4. The van der Waals surface area contributed by atoms with Crippen LogP contribution in [0.5, 0.6) is 0 Å². The summed E-state index contributed by atoms with van der Waals surface area (Å²) in [4.78, 5) is 41.1. The number of carbonyl (C=O) groups is 3. The molecule has 6 rings (SSSR count). The highest BCUT2D eigenvalue weighted by Gasteiger charge is 2.39. The minimum atomic E-state index is -0.656. The van der Waals surface area contributed by atoms with Crippen LogP contribution in [0.2, 0.25) is 5.02 Å². The molecular weight excluding hydrogens is 500 g/mol. The number of benzene rings is 3. The first kappa shape index (κ1) is 24.7. The number of nitrogen functional groups attached to an aromatic ring is 2. The molecule has 3 unspecified atom stereocenters. The maximum atomic E-state index is 13.7. The summed E-state index contributed by atoms with van der Waals surface area (Å²) in [5.41, 5.74) is 14.5. The van der Waals surface area contributed by atoms with Gasteiger partial charge in [-0.25, -0.2) is 4.79 Å². The van der Waals surface area contributed by atoms with Crippen molar-refractivity contribution in [2.45, 2.75) is 51.0 Å². The molecule has 0 saturated heterocycles. The van der Waals surface area contributed by atoms with Crippen molar-refractivity contribution >= 4 is 40.5 Å². The van der Waals surface area contributed by atoms with Crippen LogP contribution in [0.1, 0.15) is 87.1 Å². The van der Waals surface area contributed by atoms with Gasteiger partial charge in [-0.05, 0) is 48.8 Å². The second kappa shape index (κ2) is 9.59. The summed E-state index contributed by atoms with van der Waals surface area (Å²) in [5.74, 6) is -0.170. The smallest absolute Gasteiger partial charge is 0.342 e. The molecule has 7 heteroatoms. The van der Waals surface area contributed by atoms with Gasteiger partial charge in [0.25, 0.3) is 0 Å². The number of carbonyl (C=O) groups excluding carboxylic acids is 3. The maximum absolute atomic E-state index is 13.7. The molecule has 6 nitrogen and oxygen atoms in total. The molecule has 38 heavy (non-hydrogen) atoms. The molecule has 3 aliphatic rings. The summed E-state index contributed by atoms with van der Waals surface area (Å²) in [6.07, 6.45) is 7.34. The number of nitrogens with two attached hydrogens (primary N) is 2. The number of fused-ring (bicyclic) bond motifs is 3. The number of hydrogen-bond acceptors (Lipinski definition) is 6. The van der Waals surface area contributed by atoms with Crippen LogP contribution in [0.3, 0.4) is 0 Å². The average Bonchev–Trinajstić information content (AvgIpc) is 2.92. The van der Waals surface area contributed by atoms with Crippen LogP contribution in [0.15, 0.2) is 48.5 Å². The fourth-order valence-corrected chi connectivity index (χ4v) is 6.81. The van der Waals surface area contributed by atoms with Crippen molar-refractivity contribution in [1.29, 1.82) is 0 Å². The molecule has 0 bridgehead atoms. The van der Waals surface area contributed by atoms with Gasteiger partial charge in [0.1, 0.15) is 11.7 Å². The predicted molar refractivity (Wildman–Crippen MR) is 148 cm³/mol. The Hall–Kier alpha value is -3.64. The summed E-state index contributed by atoms with van der Waals surface area (Å²) < 4.78 is 6.00. The third-order valence-electron chi connectivity index (χ3n) is 8.55. The zero-order valence-corrected chi connectivity index (χ0v) is 21.7. The molecule has 2 fully saturated rings. The highest BCUT2D eigenvalue weighted by molar-refractivity contribution is 6.34. The van der Waals surface area contributed by atoms with Gasteiger partial charge in [0.2, 0.25) is 0 Å². The van der Waals surface area contributed by atoms with Gasteiger partial charge in [-0.3, -0.25) is 9.59 Å². The Morgan fingerprint density at radius 1 is 0.763 bits per heavy atom. The molecule has 0 spiro atoms. The first-order valence-corrected chi connectivity index (χ1v) is 13.6. The lowest BCUT2D eigenvalue weighted by Gasteiger charge is -2.39. The third kappa shape index (κ3) is 3.99. The lowest BCUT2D eigenvalue weighted by atomic mass is 9.70. The molecule has 0 radical (unpaired) electrons. The van der Waals surface area contributed by atoms with Crippen LogP contribution in [0.25, 0.3) is 11.1 Å². The molecular formula is C31H29ClN2O4. The number of esters is 1. The molecule has 0 amide bonds. The quantitative estimate of drug-likeness (QED) is 0.233. The predicted octanol–water partition coefficient (Wildman–Crippen LogP) is 6.46. The van der Waals surface area contributed by atoms with Crippen LogP contribution in [0.4, 0.5) is 11.4 Å². The van der Waals surface area contributed by atoms with Gasteiger partial charge < -0.3 is 16.2 Å². The summed E-state index contributed by atoms with van der Waals surface area (Å²) in [6.45, 7) is 0. The van der Waals surface area contributed by atoms with E-state index in [1.54, 1.807) is 48.5 Å². The van der Waals surface area contributed by atoms with Gasteiger partial charge in [-0.2, -0.15) is 0 Å². The number of rotatable bonds is 3. The van der Waals surface area contributed by atoms with Crippen molar-refractivity contribution < 1.29 is 19.1 Å². The van der Waals surface area contributed by atoms with Crippen LogP contribution >= 0.6 is 11.6 Å². The Balaban J connectivity index is 1.47. The van der Waals surface area contributed by atoms with Crippen LogP contribution in [-0.2, 0) is 4.74 Å². The van der Waals surface area contributed by atoms with Crippen molar-refractivity contribution in [2.75, 3.05) is 11.5 Å². The summed E-state index contributed by atoms with van der Waals surface area (Å²) in [7, 11) is 0. The zero-order chi connectivity index (χ0) is 26.6. The van der Waals surface area contributed by atoms with Crippen LogP contribution in [0, 0.1) is 11.8 Å². The van der Waals surface area contributed by atoms with E-state index in [0.29, 0.717) is 28.0 Å². The van der Waals surface area contributed by atoms with Crippen LogP contribution < -0.4 is 11.5 Å². The summed E-state index contributed by atoms with van der Waals surface area (Å²) in [5, 5.41) is 0.502. The topological polar surface area (TPSA) is 112 Å². The van der Waals surface area contributed by atoms with E-state index in [4.69, 9.17) is 27.8 Å². The molecule has 194 valence electrons. The first-order valence-electron chi connectivity index (χ1n) is 13.3. The lowest BCUT2D eigenvalue weighted by molar-refractivity contribution is -0.000736. The fraction of sp³-hybridized carbons (Fsp3) is 0.323. The lowest BCUT2D eigenvalue weighted by Crippen LogP contribution is -2.33. The van der Waals surface area contributed by atoms with E-state index >= 15 is 0 Å². The van der Waals surface area contributed by atoms with E-state index in [9.17, 15) is 14.4 Å². The van der Waals surface area contributed by atoms with Gasteiger partial charge in [0.05, 0.1) is 16.9 Å². The number of halogens is 1. The van der Waals surface area contributed by atoms with Crippen molar-refractivity contribution in [3.63, 3.8) is 0 Å². The number of ketones is 2. The van der Waals surface area contributed by atoms with Crippen molar-refractivity contribution in [1.82, 2.24) is 0 Å². The van der Waals surface area contributed by atoms with E-state index < -0.39 is 11.8 Å². The second-order valence-corrected chi connectivity index (χ2v) is 11.1.